The maximum Gasteiger partial charge on any atom is 0.407 e. The average molecular weight is 215 g/mol. The number of nitrogens with one attached hydrogen (secondary N) is 1. The highest BCUT2D eigenvalue weighted by Crippen LogP contribution is 2.09. The Morgan fingerprint density at radius 1 is 1.53 bits per heavy atom. The van der Waals surface area contributed by atoms with Gasteiger partial charge in [-0.1, -0.05) is 0 Å². The van der Waals surface area contributed by atoms with E-state index in [1.165, 1.54) is 4.90 Å². The monoisotopic (exact) mass is 215 g/mol. The molecule has 86 valence electrons. The minimum absolute atomic E-state index is 0.0358. The molecule has 0 aromatic rings. The lowest BCUT2D eigenvalue weighted by atomic mass is 10.2. The first-order valence-electron chi connectivity index (χ1n) is 5.10. The van der Waals surface area contributed by atoms with Crippen LogP contribution in [0.1, 0.15) is 19.3 Å². The number of hydrogen-bond donors (Lipinski definition) is 3. The highest BCUT2D eigenvalue weighted by molar-refractivity contribution is 5.76. The Bertz CT molecular complexity index is 245. The maximum absolute atomic E-state index is 11.3. The predicted octanol–water partition coefficient (Wildman–Crippen LogP) is -0.406. The van der Waals surface area contributed by atoms with Crippen LogP contribution < -0.4 is 11.1 Å². The number of amides is 2. The molecule has 2 amide bonds. The molecule has 6 heteroatoms. The van der Waals surface area contributed by atoms with Crippen molar-refractivity contribution in [2.24, 2.45) is 5.73 Å². The highest BCUT2D eigenvalue weighted by atomic mass is 16.4. The lowest BCUT2D eigenvalue weighted by molar-refractivity contribution is -0.121. The van der Waals surface area contributed by atoms with Crippen molar-refractivity contribution in [3.63, 3.8) is 0 Å². The first-order chi connectivity index (χ1) is 7.13. The molecule has 1 fully saturated rings. The zero-order chi connectivity index (χ0) is 11.3. The maximum atomic E-state index is 11.3. The molecule has 0 aromatic carbocycles. The molecule has 0 bridgehead atoms. The lowest BCUT2D eigenvalue weighted by Gasteiger charge is -2.13. The molecule has 0 unspecified atom stereocenters. The minimum Gasteiger partial charge on any atom is -0.465 e. The molecule has 1 aliphatic rings. The van der Waals surface area contributed by atoms with Gasteiger partial charge in [-0.3, -0.25) is 4.79 Å². The van der Waals surface area contributed by atoms with Crippen LogP contribution in [0, 0.1) is 0 Å². The number of carboxylic acid groups (broad SMARTS) is 1. The molecule has 1 rings (SSSR count). The van der Waals surface area contributed by atoms with Gasteiger partial charge in [0.15, 0.2) is 0 Å². The molecule has 0 radical (unpaired) electrons. The van der Waals surface area contributed by atoms with Gasteiger partial charge < -0.3 is 21.1 Å². The molecule has 0 aliphatic carbocycles. The van der Waals surface area contributed by atoms with Gasteiger partial charge in [-0.05, 0) is 19.4 Å². The van der Waals surface area contributed by atoms with Crippen LogP contribution in [-0.2, 0) is 4.79 Å². The molecule has 15 heavy (non-hydrogen) atoms. The second-order valence-electron chi connectivity index (χ2n) is 3.67. The standard InChI is InChI=1S/C9H17N3O3/c10-4-1-2-8(13)11-7-3-5-12(6-7)9(14)15/h7H,1-6,10H2,(H,11,13)(H,14,15)/t7-/m0/s1. The summed E-state index contributed by atoms with van der Waals surface area (Å²) in [7, 11) is 0. The van der Waals surface area contributed by atoms with Gasteiger partial charge in [-0.25, -0.2) is 4.79 Å². The summed E-state index contributed by atoms with van der Waals surface area (Å²) in [5.74, 6) is -0.0438. The summed E-state index contributed by atoms with van der Waals surface area (Å²) < 4.78 is 0. The third-order valence-electron chi connectivity index (χ3n) is 2.43. The Hall–Kier alpha value is -1.30. The van der Waals surface area contributed by atoms with Crippen molar-refractivity contribution in [1.29, 1.82) is 0 Å². The molecule has 1 aliphatic heterocycles. The van der Waals surface area contributed by atoms with Crippen molar-refractivity contribution in [2.75, 3.05) is 19.6 Å². The van der Waals surface area contributed by atoms with E-state index in [2.05, 4.69) is 5.32 Å². The van der Waals surface area contributed by atoms with Gasteiger partial charge in [0, 0.05) is 25.6 Å². The molecule has 1 atom stereocenters. The van der Waals surface area contributed by atoms with Gasteiger partial charge in [-0.15, -0.1) is 0 Å². The Labute approximate surface area is 88.4 Å². The smallest absolute Gasteiger partial charge is 0.407 e. The second kappa shape index (κ2) is 5.55. The van der Waals surface area contributed by atoms with Crippen LogP contribution in [0.4, 0.5) is 4.79 Å². The summed E-state index contributed by atoms with van der Waals surface area (Å²) in [5, 5.41) is 11.5. The quantitative estimate of drug-likeness (QED) is 0.594. The van der Waals surface area contributed by atoms with Crippen LogP contribution in [0.25, 0.3) is 0 Å². The second-order valence-corrected chi connectivity index (χ2v) is 3.67. The van der Waals surface area contributed by atoms with Crippen molar-refractivity contribution in [3.05, 3.63) is 0 Å². The first kappa shape index (κ1) is 11.8. The third kappa shape index (κ3) is 3.75. The summed E-state index contributed by atoms with van der Waals surface area (Å²) in [5.41, 5.74) is 5.28. The molecule has 1 saturated heterocycles. The van der Waals surface area contributed by atoms with E-state index < -0.39 is 6.09 Å². The fraction of sp³-hybridized carbons (Fsp3) is 0.778. The fourth-order valence-corrected chi connectivity index (χ4v) is 1.61. The zero-order valence-electron chi connectivity index (χ0n) is 8.61. The summed E-state index contributed by atoms with van der Waals surface area (Å²) in [6.07, 6.45) is 0.857. The summed E-state index contributed by atoms with van der Waals surface area (Å²) in [6, 6.07) is -0.0358. The lowest BCUT2D eigenvalue weighted by Crippen LogP contribution is -2.38. The molecule has 0 saturated carbocycles. The molecule has 6 nitrogen and oxygen atoms in total. The SMILES string of the molecule is NCCCC(=O)N[C@H]1CCN(C(=O)O)C1. The summed E-state index contributed by atoms with van der Waals surface area (Å²) in [6.45, 7) is 1.39. The van der Waals surface area contributed by atoms with Crippen LogP contribution in [-0.4, -0.2) is 47.7 Å². The number of nitrogens with zero attached hydrogens (tertiary/aromatic N) is 1. The van der Waals surface area contributed by atoms with Crippen molar-refractivity contribution in [2.45, 2.75) is 25.3 Å². The molecular formula is C9H17N3O3. The number of likely N-dealkylation sites (tertiary alicyclic amines) is 1. The van der Waals surface area contributed by atoms with E-state index in [9.17, 15) is 9.59 Å². The number of carbonyl (C=O) groups excluding carboxylic acids is 1. The normalized spacial score (nSPS) is 20.3. The van der Waals surface area contributed by atoms with E-state index in [0.29, 0.717) is 38.9 Å². The van der Waals surface area contributed by atoms with E-state index in [4.69, 9.17) is 10.8 Å². The molecule has 1 heterocycles. The summed E-state index contributed by atoms with van der Waals surface area (Å²) in [4.78, 5) is 23.2. The number of rotatable bonds is 4. The number of carbonyl (C=O) groups is 2. The van der Waals surface area contributed by atoms with Crippen LogP contribution in [0.5, 0.6) is 0 Å². The minimum atomic E-state index is -0.922. The van der Waals surface area contributed by atoms with Crippen LogP contribution >= 0.6 is 0 Å². The first-order valence-corrected chi connectivity index (χ1v) is 5.10. The Balaban J connectivity index is 2.23. The van der Waals surface area contributed by atoms with E-state index in [0.717, 1.165) is 0 Å². The Morgan fingerprint density at radius 3 is 2.80 bits per heavy atom. The van der Waals surface area contributed by atoms with Crippen molar-refractivity contribution in [1.82, 2.24) is 10.2 Å². The Kier molecular flexibility index (Phi) is 4.36. The molecule has 4 N–H and O–H groups in total. The van der Waals surface area contributed by atoms with Gasteiger partial charge in [0.2, 0.25) is 5.91 Å². The van der Waals surface area contributed by atoms with E-state index in [1.807, 2.05) is 0 Å². The van der Waals surface area contributed by atoms with Crippen LogP contribution in [0.3, 0.4) is 0 Å². The third-order valence-corrected chi connectivity index (χ3v) is 2.43. The average Bonchev–Trinajstić information content (AvgIpc) is 2.63. The molecular weight excluding hydrogens is 198 g/mol. The zero-order valence-corrected chi connectivity index (χ0v) is 8.61. The van der Waals surface area contributed by atoms with Crippen molar-refractivity contribution < 1.29 is 14.7 Å². The Morgan fingerprint density at radius 2 is 2.27 bits per heavy atom. The van der Waals surface area contributed by atoms with Gasteiger partial charge in [0.25, 0.3) is 0 Å². The van der Waals surface area contributed by atoms with Gasteiger partial charge in [-0.2, -0.15) is 0 Å². The number of hydrogen-bond acceptors (Lipinski definition) is 3. The molecule has 0 aromatic heterocycles. The largest absolute Gasteiger partial charge is 0.465 e. The topological polar surface area (TPSA) is 95.7 Å². The fourth-order valence-electron chi connectivity index (χ4n) is 1.61. The van der Waals surface area contributed by atoms with Gasteiger partial charge >= 0.3 is 6.09 Å². The van der Waals surface area contributed by atoms with Crippen LogP contribution in [0.15, 0.2) is 0 Å². The van der Waals surface area contributed by atoms with E-state index in [1.54, 1.807) is 0 Å². The summed E-state index contributed by atoms with van der Waals surface area (Å²) >= 11 is 0. The van der Waals surface area contributed by atoms with Crippen molar-refractivity contribution >= 4 is 12.0 Å². The predicted molar refractivity (Wildman–Crippen MR) is 54.4 cm³/mol. The van der Waals surface area contributed by atoms with E-state index in [-0.39, 0.29) is 11.9 Å². The van der Waals surface area contributed by atoms with E-state index >= 15 is 0 Å². The van der Waals surface area contributed by atoms with Crippen LogP contribution in [0.2, 0.25) is 0 Å². The number of nitrogens with two attached hydrogens (primary N) is 1. The molecule has 0 spiro atoms. The van der Waals surface area contributed by atoms with Gasteiger partial charge in [0.1, 0.15) is 0 Å². The van der Waals surface area contributed by atoms with Crippen molar-refractivity contribution in [3.8, 4) is 0 Å². The highest BCUT2D eigenvalue weighted by Gasteiger charge is 2.26. The van der Waals surface area contributed by atoms with Gasteiger partial charge in [0.05, 0.1) is 0 Å².